The van der Waals surface area contributed by atoms with Crippen LogP contribution in [0.25, 0.3) is 33.8 Å². The second kappa shape index (κ2) is 9.36. The molecule has 10 heteroatoms. The number of hydrogen-bond donors (Lipinski definition) is 0. The number of benzene rings is 3. The van der Waals surface area contributed by atoms with E-state index in [1.54, 1.807) is 46.6 Å². The first-order valence-corrected chi connectivity index (χ1v) is 13.3. The maximum absolute atomic E-state index is 13.4. The predicted octanol–water partition coefficient (Wildman–Crippen LogP) is 5.74. The highest BCUT2D eigenvalue weighted by molar-refractivity contribution is 7.90. The van der Waals surface area contributed by atoms with Gasteiger partial charge in [0.15, 0.2) is 9.84 Å². The number of nitrogens with zero attached hydrogens (tertiary/aromatic N) is 5. The Morgan fingerprint density at radius 2 is 1.57 bits per heavy atom. The molecule has 0 fully saturated rings. The highest BCUT2D eigenvalue weighted by atomic mass is 32.2. The second-order valence-corrected chi connectivity index (χ2v) is 10.8. The van der Waals surface area contributed by atoms with Crippen molar-refractivity contribution in [3.8, 4) is 33.8 Å². The van der Waals surface area contributed by atoms with E-state index in [2.05, 4.69) is 15.3 Å². The van der Waals surface area contributed by atoms with Crippen LogP contribution in [-0.4, -0.2) is 39.2 Å². The summed E-state index contributed by atoms with van der Waals surface area (Å²) in [5.41, 5.74) is 4.90. The van der Waals surface area contributed by atoms with Gasteiger partial charge >= 0.3 is 0 Å². The smallest absolute Gasteiger partial charge is 0.281 e. The third kappa shape index (κ3) is 4.79. The molecule has 5 rings (SSSR count). The molecule has 0 saturated heterocycles. The SMILES string of the molecule is Cc1ccc(-c2cnnn2-c2cc(-c3cccc(S(C)(=O)=O)c3)ccc2-n2cc(C(F)F)nc2C)cc1. The molecular formula is C27H23F2N5O2S. The fourth-order valence-corrected chi connectivity index (χ4v) is 4.83. The Labute approximate surface area is 213 Å². The van der Waals surface area contributed by atoms with Gasteiger partial charge in [0, 0.05) is 18.0 Å². The number of alkyl halides is 2. The van der Waals surface area contributed by atoms with Gasteiger partial charge in [-0.2, -0.15) is 0 Å². The lowest BCUT2D eigenvalue weighted by atomic mass is 10.0. The molecule has 0 saturated carbocycles. The molecule has 7 nitrogen and oxygen atoms in total. The van der Waals surface area contributed by atoms with Gasteiger partial charge in [-0.1, -0.05) is 53.2 Å². The van der Waals surface area contributed by atoms with Crippen molar-refractivity contribution in [2.45, 2.75) is 25.2 Å². The Hall–Kier alpha value is -4.18. The van der Waals surface area contributed by atoms with Crippen molar-refractivity contribution in [3.63, 3.8) is 0 Å². The third-order valence-corrected chi connectivity index (χ3v) is 7.19. The molecule has 188 valence electrons. The van der Waals surface area contributed by atoms with Crippen LogP contribution < -0.4 is 0 Å². The summed E-state index contributed by atoms with van der Waals surface area (Å²) >= 11 is 0. The summed E-state index contributed by atoms with van der Waals surface area (Å²) in [6, 6.07) is 20.0. The molecule has 0 spiro atoms. The van der Waals surface area contributed by atoms with Crippen LogP contribution in [-0.2, 0) is 9.84 Å². The number of aromatic nitrogens is 5. The molecule has 37 heavy (non-hydrogen) atoms. The first-order chi connectivity index (χ1) is 17.6. The Morgan fingerprint density at radius 3 is 2.24 bits per heavy atom. The highest BCUT2D eigenvalue weighted by Gasteiger charge is 2.20. The van der Waals surface area contributed by atoms with Gasteiger partial charge in [0.05, 0.1) is 28.2 Å². The van der Waals surface area contributed by atoms with Gasteiger partial charge in [0.2, 0.25) is 0 Å². The zero-order chi connectivity index (χ0) is 26.3. The van der Waals surface area contributed by atoms with E-state index in [1.807, 2.05) is 49.4 Å². The van der Waals surface area contributed by atoms with Gasteiger partial charge in [-0.05, 0) is 49.2 Å². The normalized spacial score (nSPS) is 11.8. The largest absolute Gasteiger partial charge is 0.301 e. The molecule has 0 amide bonds. The summed E-state index contributed by atoms with van der Waals surface area (Å²) < 4.78 is 54.4. The molecule has 0 radical (unpaired) electrons. The topological polar surface area (TPSA) is 82.7 Å². The molecule has 5 aromatic rings. The summed E-state index contributed by atoms with van der Waals surface area (Å²) in [6.45, 7) is 3.65. The molecule has 0 aliphatic heterocycles. The van der Waals surface area contributed by atoms with Crippen molar-refractivity contribution in [1.29, 1.82) is 0 Å². The van der Waals surface area contributed by atoms with Gasteiger partial charge in [0.25, 0.3) is 6.43 Å². The third-order valence-electron chi connectivity index (χ3n) is 6.08. The van der Waals surface area contributed by atoms with Crippen LogP contribution in [0.5, 0.6) is 0 Å². The average molecular weight is 520 g/mol. The second-order valence-electron chi connectivity index (χ2n) is 8.78. The summed E-state index contributed by atoms with van der Waals surface area (Å²) in [4.78, 5) is 4.22. The van der Waals surface area contributed by atoms with E-state index in [4.69, 9.17) is 0 Å². The van der Waals surface area contributed by atoms with Crippen molar-refractivity contribution in [2.75, 3.05) is 6.26 Å². The molecule has 0 aliphatic carbocycles. The van der Waals surface area contributed by atoms with Crippen LogP contribution in [0.15, 0.2) is 84.0 Å². The standard InChI is InChI=1S/C27H23F2N5O2S/c1-17-7-9-19(10-8-17)26-15-30-32-34(26)25-14-21(20-5-4-6-22(13-20)37(3,35)36)11-12-24(25)33-16-23(27(28)29)31-18(33)2/h4-16,27H,1-3H3. The number of imidazole rings is 1. The molecule has 0 N–H and O–H groups in total. The minimum Gasteiger partial charge on any atom is -0.301 e. The molecule has 3 aromatic carbocycles. The first kappa shape index (κ1) is 24.5. The Kier molecular flexibility index (Phi) is 6.20. The maximum Gasteiger partial charge on any atom is 0.281 e. The van der Waals surface area contributed by atoms with E-state index in [1.165, 1.54) is 6.20 Å². The number of rotatable bonds is 6. The predicted molar refractivity (Wildman–Crippen MR) is 137 cm³/mol. The molecule has 0 aliphatic rings. The Morgan fingerprint density at radius 1 is 0.865 bits per heavy atom. The summed E-state index contributed by atoms with van der Waals surface area (Å²) in [7, 11) is -3.41. The van der Waals surface area contributed by atoms with Crippen LogP contribution in [0, 0.1) is 13.8 Å². The van der Waals surface area contributed by atoms with Crippen molar-refractivity contribution in [2.24, 2.45) is 0 Å². The van der Waals surface area contributed by atoms with E-state index >= 15 is 0 Å². The average Bonchev–Trinajstić information content (AvgIpc) is 3.51. The summed E-state index contributed by atoms with van der Waals surface area (Å²) in [6.07, 6.45) is 1.39. The van der Waals surface area contributed by atoms with Gasteiger partial charge < -0.3 is 4.57 Å². The fraction of sp³-hybridized carbons (Fsp3) is 0.148. The van der Waals surface area contributed by atoms with Crippen LogP contribution >= 0.6 is 0 Å². The van der Waals surface area contributed by atoms with E-state index in [9.17, 15) is 17.2 Å². The number of aryl methyl sites for hydroxylation is 2. The van der Waals surface area contributed by atoms with Crippen molar-refractivity contribution in [3.05, 3.63) is 96.2 Å². The molecular weight excluding hydrogens is 496 g/mol. The van der Waals surface area contributed by atoms with E-state index < -0.39 is 16.3 Å². The van der Waals surface area contributed by atoms with E-state index in [-0.39, 0.29) is 10.6 Å². The summed E-state index contributed by atoms with van der Waals surface area (Å²) in [5, 5.41) is 8.45. The van der Waals surface area contributed by atoms with Crippen molar-refractivity contribution >= 4 is 9.84 Å². The maximum atomic E-state index is 13.4. The highest BCUT2D eigenvalue weighted by Crippen LogP contribution is 2.32. The molecule has 0 bridgehead atoms. The van der Waals surface area contributed by atoms with Crippen molar-refractivity contribution < 1.29 is 17.2 Å². The van der Waals surface area contributed by atoms with Crippen LogP contribution in [0.2, 0.25) is 0 Å². The lowest BCUT2D eigenvalue weighted by molar-refractivity contribution is 0.146. The first-order valence-electron chi connectivity index (χ1n) is 11.4. The minimum atomic E-state index is -3.41. The van der Waals surface area contributed by atoms with Gasteiger partial charge in [0.1, 0.15) is 11.5 Å². The zero-order valence-corrected chi connectivity index (χ0v) is 21.1. The van der Waals surface area contributed by atoms with Gasteiger partial charge in [-0.15, -0.1) is 5.10 Å². The number of halogens is 2. The molecule has 0 atom stereocenters. The summed E-state index contributed by atoms with van der Waals surface area (Å²) in [5.74, 6) is 0.389. The van der Waals surface area contributed by atoms with Crippen LogP contribution in [0.1, 0.15) is 23.5 Å². The fourth-order valence-electron chi connectivity index (χ4n) is 4.16. The van der Waals surface area contributed by atoms with Crippen LogP contribution in [0.4, 0.5) is 8.78 Å². The quantitative estimate of drug-likeness (QED) is 0.286. The molecule has 2 aromatic heterocycles. The van der Waals surface area contributed by atoms with Crippen molar-refractivity contribution in [1.82, 2.24) is 24.5 Å². The zero-order valence-electron chi connectivity index (χ0n) is 20.3. The van der Waals surface area contributed by atoms with Gasteiger partial charge in [-0.3, -0.25) is 0 Å². The molecule has 0 unspecified atom stereocenters. The van der Waals surface area contributed by atoms with Crippen LogP contribution in [0.3, 0.4) is 0 Å². The van der Waals surface area contributed by atoms with E-state index in [0.29, 0.717) is 28.5 Å². The minimum absolute atomic E-state index is 0.198. The van der Waals surface area contributed by atoms with E-state index in [0.717, 1.165) is 22.9 Å². The lowest BCUT2D eigenvalue weighted by Gasteiger charge is -2.16. The number of sulfone groups is 1. The molecule has 2 heterocycles. The lowest BCUT2D eigenvalue weighted by Crippen LogP contribution is -2.07. The number of hydrogen-bond acceptors (Lipinski definition) is 5. The van der Waals surface area contributed by atoms with Gasteiger partial charge in [-0.25, -0.2) is 26.9 Å². The Balaban J connectivity index is 1.74. The Bertz CT molecular complexity index is 1710. The monoisotopic (exact) mass is 519 g/mol.